The van der Waals surface area contributed by atoms with Crippen LogP contribution in [0.15, 0.2) is 24.3 Å². The molecule has 3 heteroatoms. The number of likely N-dealkylation sites (N-methyl/N-ethyl adjacent to an activating group) is 1. The van der Waals surface area contributed by atoms with Crippen molar-refractivity contribution in [2.24, 2.45) is 0 Å². The first kappa shape index (κ1) is 9.49. The number of phenols is 1. The zero-order chi connectivity index (χ0) is 9.97. The van der Waals surface area contributed by atoms with Crippen molar-refractivity contribution in [3.05, 3.63) is 29.8 Å². The monoisotopic (exact) mass is 192 g/mol. The Morgan fingerprint density at radius 1 is 1.36 bits per heavy atom. The molecule has 0 radical (unpaired) electrons. The Kier molecular flexibility index (Phi) is 2.70. The molecule has 1 aromatic carbocycles. The van der Waals surface area contributed by atoms with Gasteiger partial charge >= 0.3 is 0 Å². The first-order valence-electron chi connectivity index (χ1n) is 4.94. The van der Waals surface area contributed by atoms with E-state index >= 15 is 0 Å². The summed E-state index contributed by atoms with van der Waals surface area (Å²) in [4.78, 5) is 2.29. The van der Waals surface area contributed by atoms with Crippen LogP contribution in [-0.2, 0) is 6.54 Å². The van der Waals surface area contributed by atoms with E-state index in [1.165, 1.54) is 5.56 Å². The van der Waals surface area contributed by atoms with Gasteiger partial charge in [0.05, 0.1) is 0 Å². The van der Waals surface area contributed by atoms with Crippen molar-refractivity contribution in [2.45, 2.75) is 12.6 Å². The van der Waals surface area contributed by atoms with Crippen LogP contribution in [0.4, 0.5) is 0 Å². The predicted molar refractivity (Wildman–Crippen MR) is 56.2 cm³/mol. The van der Waals surface area contributed by atoms with E-state index in [4.69, 9.17) is 5.11 Å². The third-order valence-electron chi connectivity index (χ3n) is 2.60. The van der Waals surface area contributed by atoms with Gasteiger partial charge in [-0.05, 0) is 24.7 Å². The van der Waals surface area contributed by atoms with Gasteiger partial charge in [-0.3, -0.25) is 0 Å². The van der Waals surface area contributed by atoms with Crippen molar-refractivity contribution in [1.29, 1.82) is 0 Å². The molecule has 1 aliphatic rings. The van der Waals surface area contributed by atoms with E-state index in [1.807, 2.05) is 12.1 Å². The third kappa shape index (κ3) is 2.25. The van der Waals surface area contributed by atoms with Crippen LogP contribution >= 0.6 is 0 Å². The molecule has 0 aliphatic carbocycles. The van der Waals surface area contributed by atoms with Crippen molar-refractivity contribution in [2.75, 3.05) is 20.1 Å². The number of rotatable bonds is 3. The van der Waals surface area contributed by atoms with E-state index in [9.17, 15) is 0 Å². The second kappa shape index (κ2) is 3.98. The minimum Gasteiger partial charge on any atom is -0.508 e. The first-order valence-corrected chi connectivity index (χ1v) is 4.94. The topological polar surface area (TPSA) is 35.5 Å². The zero-order valence-corrected chi connectivity index (χ0v) is 8.40. The summed E-state index contributed by atoms with van der Waals surface area (Å²) in [6.45, 7) is 3.16. The normalized spacial score (nSPS) is 18.1. The number of hydrogen-bond acceptors (Lipinski definition) is 3. The molecule has 2 N–H and O–H groups in total. The minimum absolute atomic E-state index is 0.331. The highest BCUT2D eigenvalue weighted by atomic mass is 16.3. The number of hydrogen-bond donors (Lipinski definition) is 2. The standard InChI is InChI=1S/C11H16N2O/c1-13-7-10(8-13)12-6-9-2-4-11(14)5-3-9/h2-5,10,12,14H,6-8H2,1H3. The Hall–Kier alpha value is -1.06. The van der Waals surface area contributed by atoms with Crippen molar-refractivity contribution in [1.82, 2.24) is 10.2 Å². The quantitative estimate of drug-likeness (QED) is 0.743. The van der Waals surface area contributed by atoms with Crippen LogP contribution in [0.3, 0.4) is 0 Å². The highest BCUT2D eigenvalue weighted by Crippen LogP contribution is 2.10. The molecule has 1 aliphatic heterocycles. The van der Waals surface area contributed by atoms with Gasteiger partial charge in [0.25, 0.3) is 0 Å². The van der Waals surface area contributed by atoms with Gasteiger partial charge in [-0.2, -0.15) is 0 Å². The molecular weight excluding hydrogens is 176 g/mol. The third-order valence-corrected chi connectivity index (χ3v) is 2.60. The van der Waals surface area contributed by atoms with Gasteiger partial charge in [0.2, 0.25) is 0 Å². The Balaban J connectivity index is 1.78. The number of phenolic OH excluding ortho intramolecular Hbond substituents is 1. The van der Waals surface area contributed by atoms with Gasteiger partial charge in [-0.15, -0.1) is 0 Å². The summed E-state index contributed by atoms with van der Waals surface area (Å²) in [5.74, 6) is 0.331. The van der Waals surface area contributed by atoms with Crippen LogP contribution in [-0.4, -0.2) is 36.2 Å². The van der Waals surface area contributed by atoms with E-state index in [0.29, 0.717) is 11.8 Å². The lowest BCUT2D eigenvalue weighted by molar-refractivity contribution is 0.161. The van der Waals surface area contributed by atoms with Gasteiger partial charge < -0.3 is 15.3 Å². The second-order valence-electron chi connectivity index (χ2n) is 3.97. The Labute approximate surface area is 84.4 Å². The fourth-order valence-electron chi connectivity index (χ4n) is 1.70. The molecular formula is C11H16N2O. The number of benzene rings is 1. The largest absolute Gasteiger partial charge is 0.508 e. The Morgan fingerprint density at radius 2 is 2.00 bits per heavy atom. The van der Waals surface area contributed by atoms with Gasteiger partial charge in [0.15, 0.2) is 0 Å². The van der Waals surface area contributed by atoms with Crippen molar-refractivity contribution < 1.29 is 5.11 Å². The molecule has 1 saturated heterocycles. The van der Waals surface area contributed by atoms with Crippen LogP contribution in [0, 0.1) is 0 Å². The molecule has 0 atom stereocenters. The molecule has 3 nitrogen and oxygen atoms in total. The lowest BCUT2D eigenvalue weighted by Crippen LogP contribution is -2.55. The van der Waals surface area contributed by atoms with E-state index in [-0.39, 0.29) is 0 Å². The lowest BCUT2D eigenvalue weighted by Gasteiger charge is -2.36. The lowest BCUT2D eigenvalue weighted by atomic mass is 10.1. The maximum absolute atomic E-state index is 9.10. The maximum Gasteiger partial charge on any atom is 0.115 e. The van der Waals surface area contributed by atoms with E-state index in [0.717, 1.165) is 19.6 Å². The van der Waals surface area contributed by atoms with Crippen LogP contribution in [0.25, 0.3) is 0 Å². The summed E-state index contributed by atoms with van der Waals surface area (Å²) in [7, 11) is 2.12. The molecule has 76 valence electrons. The van der Waals surface area contributed by atoms with Crippen LogP contribution in [0.2, 0.25) is 0 Å². The molecule has 0 amide bonds. The summed E-state index contributed by atoms with van der Waals surface area (Å²) < 4.78 is 0. The van der Waals surface area contributed by atoms with E-state index < -0.39 is 0 Å². The van der Waals surface area contributed by atoms with Gasteiger partial charge in [-0.1, -0.05) is 12.1 Å². The van der Waals surface area contributed by atoms with Crippen LogP contribution in [0.1, 0.15) is 5.56 Å². The molecule has 0 bridgehead atoms. The SMILES string of the molecule is CN1CC(NCc2ccc(O)cc2)C1. The molecule has 0 spiro atoms. The van der Waals surface area contributed by atoms with Crippen molar-refractivity contribution in [3.8, 4) is 5.75 Å². The summed E-state index contributed by atoms with van der Waals surface area (Å²) in [6, 6.07) is 7.98. The molecule has 1 fully saturated rings. The fraction of sp³-hybridized carbons (Fsp3) is 0.455. The minimum atomic E-state index is 0.331. The zero-order valence-electron chi connectivity index (χ0n) is 8.40. The van der Waals surface area contributed by atoms with Gasteiger partial charge in [-0.25, -0.2) is 0 Å². The molecule has 1 heterocycles. The Morgan fingerprint density at radius 3 is 2.57 bits per heavy atom. The summed E-state index contributed by atoms with van der Waals surface area (Å²) in [5, 5.41) is 12.6. The first-order chi connectivity index (χ1) is 6.74. The maximum atomic E-state index is 9.10. The number of nitrogens with zero attached hydrogens (tertiary/aromatic N) is 1. The average Bonchev–Trinajstić information content (AvgIpc) is 2.13. The smallest absolute Gasteiger partial charge is 0.115 e. The molecule has 0 aromatic heterocycles. The van der Waals surface area contributed by atoms with Crippen molar-refractivity contribution in [3.63, 3.8) is 0 Å². The molecule has 14 heavy (non-hydrogen) atoms. The summed E-state index contributed by atoms with van der Waals surface area (Å²) in [5.41, 5.74) is 1.22. The highest BCUT2D eigenvalue weighted by molar-refractivity contribution is 5.25. The summed E-state index contributed by atoms with van der Waals surface area (Å²) >= 11 is 0. The number of aromatic hydroxyl groups is 1. The van der Waals surface area contributed by atoms with Crippen molar-refractivity contribution >= 4 is 0 Å². The predicted octanol–water partition coefficient (Wildman–Crippen LogP) is 0.796. The van der Waals surface area contributed by atoms with E-state index in [1.54, 1.807) is 12.1 Å². The molecule has 2 rings (SSSR count). The fourth-order valence-corrected chi connectivity index (χ4v) is 1.70. The average molecular weight is 192 g/mol. The van der Waals surface area contributed by atoms with Crippen LogP contribution in [0.5, 0.6) is 5.75 Å². The van der Waals surface area contributed by atoms with E-state index in [2.05, 4.69) is 17.3 Å². The van der Waals surface area contributed by atoms with Gasteiger partial charge in [0.1, 0.15) is 5.75 Å². The molecule has 0 unspecified atom stereocenters. The highest BCUT2D eigenvalue weighted by Gasteiger charge is 2.21. The number of likely N-dealkylation sites (tertiary alicyclic amines) is 1. The number of nitrogens with one attached hydrogen (secondary N) is 1. The Bertz CT molecular complexity index is 291. The molecule has 0 saturated carbocycles. The molecule has 1 aromatic rings. The summed E-state index contributed by atoms with van der Waals surface area (Å²) in [6.07, 6.45) is 0. The van der Waals surface area contributed by atoms with Crippen LogP contribution < -0.4 is 5.32 Å². The van der Waals surface area contributed by atoms with Gasteiger partial charge in [0, 0.05) is 25.7 Å². The second-order valence-corrected chi connectivity index (χ2v) is 3.97.